The second-order valence-electron chi connectivity index (χ2n) is 9.01. The number of anilines is 1. The molecule has 0 aromatic heterocycles. The van der Waals surface area contributed by atoms with Crippen LogP contribution in [0.5, 0.6) is 0 Å². The highest BCUT2D eigenvalue weighted by atomic mass is 16.2. The van der Waals surface area contributed by atoms with E-state index in [9.17, 15) is 4.79 Å². The summed E-state index contributed by atoms with van der Waals surface area (Å²) in [6.45, 7) is 2.78. The van der Waals surface area contributed by atoms with Gasteiger partial charge in [0.15, 0.2) is 0 Å². The van der Waals surface area contributed by atoms with Crippen molar-refractivity contribution < 1.29 is 4.79 Å². The van der Waals surface area contributed by atoms with Crippen LogP contribution in [-0.4, -0.2) is 25.5 Å². The van der Waals surface area contributed by atoms with Crippen molar-refractivity contribution in [3.8, 4) is 0 Å². The number of carbonyl (C=O) groups excluding carboxylic acids is 1. The van der Waals surface area contributed by atoms with Gasteiger partial charge in [0.2, 0.25) is 5.91 Å². The minimum absolute atomic E-state index is 0.101. The summed E-state index contributed by atoms with van der Waals surface area (Å²) in [6.07, 6.45) is 2.02. The number of benzene rings is 3. The highest BCUT2D eigenvalue weighted by Gasteiger charge is 2.46. The summed E-state index contributed by atoms with van der Waals surface area (Å²) in [4.78, 5) is 15.7. The van der Waals surface area contributed by atoms with Gasteiger partial charge in [-0.3, -0.25) is 4.79 Å². The van der Waals surface area contributed by atoms with E-state index in [1.54, 1.807) is 0 Å². The molecule has 0 spiro atoms. The van der Waals surface area contributed by atoms with Gasteiger partial charge >= 0.3 is 0 Å². The molecule has 1 saturated heterocycles. The molecule has 3 nitrogen and oxygen atoms in total. The van der Waals surface area contributed by atoms with Gasteiger partial charge in [-0.25, -0.2) is 0 Å². The number of nitrogens with zero attached hydrogens (tertiary/aromatic N) is 1. The zero-order chi connectivity index (χ0) is 21.0. The van der Waals surface area contributed by atoms with Gasteiger partial charge in [0.05, 0.1) is 0 Å². The van der Waals surface area contributed by atoms with Crippen LogP contribution in [-0.2, 0) is 11.2 Å². The molecule has 1 amide bonds. The fraction of sp³-hybridized carbons (Fsp3) is 0.321. The van der Waals surface area contributed by atoms with Crippen LogP contribution in [0.4, 0.5) is 5.69 Å². The molecule has 31 heavy (non-hydrogen) atoms. The molecular weight excluding hydrogens is 380 g/mol. The Morgan fingerprint density at radius 3 is 2.13 bits per heavy atom. The molecule has 0 radical (unpaired) electrons. The lowest BCUT2D eigenvalue weighted by atomic mass is 9.89. The topological polar surface area (TPSA) is 32.3 Å². The average Bonchev–Trinajstić information content (AvgIpc) is 3.52. The number of hydrogen-bond donors (Lipinski definition) is 1. The van der Waals surface area contributed by atoms with E-state index < -0.39 is 0 Å². The van der Waals surface area contributed by atoms with Crippen molar-refractivity contribution in [1.82, 2.24) is 5.32 Å². The number of nitrogens with one attached hydrogen (secondary N) is 1. The minimum Gasteiger partial charge on any atom is -0.316 e. The first-order valence-electron chi connectivity index (χ1n) is 11.5. The molecule has 5 rings (SSSR count). The number of amides is 1. The number of hydrogen-bond acceptors (Lipinski definition) is 2. The largest absolute Gasteiger partial charge is 0.316 e. The van der Waals surface area contributed by atoms with Gasteiger partial charge in [-0.15, -0.1) is 0 Å². The maximum atomic E-state index is 13.6. The Kier molecular flexibility index (Phi) is 5.86. The van der Waals surface area contributed by atoms with E-state index in [1.807, 2.05) is 24.3 Å². The van der Waals surface area contributed by atoms with Crippen molar-refractivity contribution in [2.45, 2.75) is 18.8 Å². The lowest BCUT2D eigenvalue weighted by Crippen LogP contribution is -2.39. The lowest BCUT2D eigenvalue weighted by Gasteiger charge is -2.29. The Hall–Kier alpha value is -2.91. The van der Waals surface area contributed by atoms with Crippen LogP contribution in [0.15, 0.2) is 91.0 Å². The van der Waals surface area contributed by atoms with Crippen LogP contribution < -0.4 is 10.2 Å². The molecule has 0 bridgehead atoms. The van der Waals surface area contributed by atoms with Crippen LogP contribution >= 0.6 is 0 Å². The summed E-state index contributed by atoms with van der Waals surface area (Å²) >= 11 is 0. The van der Waals surface area contributed by atoms with Crippen molar-refractivity contribution in [1.29, 1.82) is 0 Å². The van der Waals surface area contributed by atoms with E-state index in [4.69, 9.17) is 0 Å². The molecule has 1 aliphatic carbocycles. The number of para-hydroxylation sites is 1. The summed E-state index contributed by atoms with van der Waals surface area (Å²) in [7, 11) is 0. The summed E-state index contributed by atoms with van der Waals surface area (Å²) < 4.78 is 0. The number of carbonyl (C=O) groups is 1. The van der Waals surface area contributed by atoms with Gasteiger partial charge in [-0.2, -0.15) is 0 Å². The quantitative estimate of drug-likeness (QED) is 0.601. The normalized spacial score (nSPS) is 24.6. The van der Waals surface area contributed by atoms with E-state index in [-0.39, 0.29) is 11.8 Å². The molecule has 1 N–H and O–H groups in total. The monoisotopic (exact) mass is 410 g/mol. The van der Waals surface area contributed by atoms with Crippen molar-refractivity contribution >= 4 is 11.6 Å². The SMILES string of the molecule is O=C([C@@H]1C[C@H]1c1ccccc1)N(C[C@H]1CNC[C@@H]1Cc1ccccc1)c1ccccc1. The van der Waals surface area contributed by atoms with E-state index in [1.165, 1.54) is 11.1 Å². The molecule has 1 saturated carbocycles. The number of rotatable bonds is 7. The zero-order valence-corrected chi connectivity index (χ0v) is 17.9. The van der Waals surface area contributed by atoms with Crippen molar-refractivity contribution in [3.63, 3.8) is 0 Å². The Morgan fingerprint density at radius 2 is 1.42 bits per heavy atom. The molecule has 2 fully saturated rings. The van der Waals surface area contributed by atoms with Gasteiger partial charge in [-0.05, 0) is 66.9 Å². The Balaban J connectivity index is 1.33. The summed E-state index contributed by atoms with van der Waals surface area (Å²) in [5.41, 5.74) is 3.69. The standard InChI is InChI=1S/C28H30N2O/c31-28(27-17-26(27)22-12-6-2-7-13-22)30(25-14-8-3-9-15-25)20-24-19-29-18-23(24)16-21-10-4-1-5-11-21/h1-15,23-24,26-27,29H,16-20H2/t23-,24+,26-,27+/m0/s1. The fourth-order valence-corrected chi connectivity index (χ4v) is 5.06. The Labute approximate surface area is 185 Å². The molecule has 1 aliphatic heterocycles. The molecule has 4 atom stereocenters. The first kappa shape index (κ1) is 20.0. The average molecular weight is 411 g/mol. The third-order valence-electron chi connectivity index (χ3n) is 6.91. The third kappa shape index (κ3) is 4.57. The molecule has 2 aliphatic rings. The van der Waals surface area contributed by atoms with Crippen LogP contribution in [0.25, 0.3) is 0 Å². The smallest absolute Gasteiger partial charge is 0.230 e. The van der Waals surface area contributed by atoms with E-state index in [0.29, 0.717) is 17.8 Å². The van der Waals surface area contributed by atoms with Crippen LogP contribution in [0.3, 0.4) is 0 Å². The maximum Gasteiger partial charge on any atom is 0.230 e. The maximum absolute atomic E-state index is 13.6. The van der Waals surface area contributed by atoms with Crippen LogP contribution in [0.2, 0.25) is 0 Å². The lowest BCUT2D eigenvalue weighted by molar-refractivity contribution is -0.120. The van der Waals surface area contributed by atoms with E-state index in [0.717, 1.165) is 38.2 Å². The van der Waals surface area contributed by atoms with E-state index in [2.05, 4.69) is 76.9 Å². The Bertz CT molecular complexity index is 989. The molecule has 0 unspecified atom stereocenters. The summed E-state index contributed by atoms with van der Waals surface area (Å²) in [5.74, 6) is 1.75. The van der Waals surface area contributed by atoms with Crippen molar-refractivity contribution in [2.75, 3.05) is 24.5 Å². The second-order valence-corrected chi connectivity index (χ2v) is 9.01. The van der Waals surface area contributed by atoms with E-state index >= 15 is 0 Å². The van der Waals surface area contributed by atoms with Gasteiger partial charge < -0.3 is 10.2 Å². The zero-order valence-electron chi connectivity index (χ0n) is 17.9. The minimum atomic E-state index is 0.101. The first-order chi connectivity index (χ1) is 15.3. The molecular formula is C28H30N2O. The molecule has 158 valence electrons. The van der Waals surface area contributed by atoms with Gasteiger partial charge in [0.1, 0.15) is 0 Å². The Morgan fingerprint density at radius 1 is 0.806 bits per heavy atom. The second kappa shape index (κ2) is 9.07. The highest BCUT2D eigenvalue weighted by Crippen LogP contribution is 2.49. The molecule has 1 heterocycles. The first-order valence-corrected chi connectivity index (χ1v) is 11.5. The van der Waals surface area contributed by atoms with Crippen molar-refractivity contribution in [2.24, 2.45) is 17.8 Å². The molecule has 3 aromatic carbocycles. The molecule has 3 heteroatoms. The van der Waals surface area contributed by atoms with Gasteiger partial charge in [-0.1, -0.05) is 78.9 Å². The molecule has 3 aromatic rings. The third-order valence-corrected chi connectivity index (χ3v) is 6.91. The fourth-order valence-electron chi connectivity index (χ4n) is 5.06. The summed E-state index contributed by atoms with van der Waals surface area (Å²) in [5, 5.41) is 3.58. The van der Waals surface area contributed by atoms with Crippen molar-refractivity contribution in [3.05, 3.63) is 102 Å². The van der Waals surface area contributed by atoms with Gasteiger partial charge in [0, 0.05) is 18.2 Å². The van der Waals surface area contributed by atoms with Gasteiger partial charge in [0.25, 0.3) is 0 Å². The highest BCUT2D eigenvalue weighted by molar-refractivity contribution is 5.97. The van der Waals surface area contributed by atoms with Crippen LogP contribution in [0.1, 0.15) is 23.5 Å². The predicted molar refractivity (Wildman–Crippen MR) is 126 cm³/mol. The predicted octanol–water partition coefficient (Wildman–Crippen LogP) is 4.90. The summed E-state index contributed by atoms with van der Waals surface area (Å²) in [6, 6.07) is 31.5. The van der Waals surface area contributed by atoms with Crippen LogP contribution in [0, 0.1) is 17.8 Å².